The molecule has 1 aliphatic heterocycles. The van der Waals surface area contributed by atoms with Crippen LogP contribution in [0.15, 0.2) is 30.0 Å². The molecular formula is C14H19N3O2. The van der Waals surface area contributed by atoms with Crippen LogP contribution in [-0.2, 0) is 4.74 Å². The summed E-state index contributed by atoms with van der Waals surface area (Å²) in [6.45, 7) is 3.40. The maximum Gasteiger partial charge on any atom is 0.323 e. The number of benzene rings is 1. The molecule has 0 aliphatic carbocycles. The van der Waals surface area contributed by atoms with Gasteiger partial charge in [0.05, 0.1) is 24.6 Å². The van der Waals surface area contributed by atoms with E-state index in [1.165, 1.54) is 5.57 Å². The normalized spacial score (nSPS) is 14.9. The average molecular weight is 261 g/mol. The Kier molecular flexibility index (Phi) is 4.41. The fourth-order valence-corrected chi connectivity index (χ4v) is 1.88. The number of urea groups is 1. The van der Waals surface area contributed by atoms with E-state index in [1.807, 2.05) is 19.1 Å². The smallest absolute Gasteiger partial charge is 0.323 e. The zero-order valence-electron chi connectivity index (χ0n) is 11.0. The summed E-state index contributed by atoms with van der Waals surface area (Å²) in [5.41, 5.74) is 9.23. The average Bonchev–Trinajstić information content (AvgIpc) is 2.42. The summed E-state index contributed by atoms with van der Waals surface area (Å²) in [5.74, 6) is 0. The number of carbonyl (C=O) groups is 1. The summed E-state index contributed by atoms with van der Waals surface area (Å²) in [5, 5.41) is 5.46. The van der Waals surface area contributed by atoms with Crippen LogP contribution in [0.1, 0.15) is 18.4 Å². The molecule has 0 atom stereocenters. The van der Waals surface area contributed by atoms with Crippen LogP contribution >= 0.6 is 0 Å². The van der Waals surface area contributed by atoms with Crippen molar-refractivity contribution in [2.75, 3.05) is 24.3 Å². The zero-order valence-corrected chi connectivity index (χ0v) is 11.0. The van der Waals surface area contributed by atoms with E-state index in [-0.39, 0.29) is 6.03 Å². The molecule has 102 valence electrons. The Balaban J connectivity index is 1.92. The highest BCUT2D eigenvalue weighted by atomic mass is 16.5. The molecule has 1 aromatic rings. The lowest BCUT2D eigenvalue weighted by Gasteiger charge is -2.15. The van der Waals surface area contributed by atoms with Gasteiger partial charge in [-0.25, -0.2) is 4.79 Å². The van der Waals surface area contributed by atoms with Crippen LogP contribution in [0.25, 0.3) is 0 Å². The molecule has 1 heterocycles. The standard InChI is InChI=1S/C14H19N3O2/c1-10-2-3-12(15)13(8-10)17-14(18)16-9-11-4-6-19-7-5-11/h2-3,8-9H,4-7,15H2,1H3,(H2,16,17,18). The quantitative estimate of drug-likeness (QED) is 0.715. The second kappa shape index (κ2) is 6.24. The van der Waals surface area contributed by atoms with Crippen LogP contribution in [0, 0.1) is 6.92 Å². The number of carbonyl (C=O) groups excluding carboxylic acids is 1. The summed E-state index contributed by atoms with van der Waals surface area (Å²) in [6.07, 6.45) is 3.49. The van der Waals surface area contributed by atoms with Crippen LogP contribution in [-0.4, -0.2) is 19.2 Å². The maximum atomic E-state index is 11.8. The molecule has 0 radical (unpaired) electrons. The Bertz CT molecular complexity index is 489. The van der Waals surface area contributed by atoms with Gasteiger partial charge in [0.15, 0.2) is 0 Å². The summed E-state index contributed by atoms with van der Waals surface area (Å²) >= 11 is 0. The molecule has 2 rings (SSSR count). The molecule has 1 aromatic carbocycles. The van der Waals surface area contributed by atoms with Gasteiger partial charge in [-0.3, -0.25) is 0 Å². The number of hydrogen-bond acceptors (Lipinski definition) is 3. The molecule has 4 N–H and O–H groups in total. The molecule has 0 aromatic heterocycles. The number of ether oxygens (including phenoxy) is 1. The van der Waals surface area contributed by atoms with E-state index in [9.17, 15) is 4.79 Å². The Hall–Kier alpha value is -2.01. The minimum atomic E-state index is -0.281. The third kappa shape index (κ3) is 3.99. The van der Waals surface area contributed by atoms with Gasteiger partial charge in [0, 0.05) is 6.20 Å². The lowest BCUT2D eigenvalue weighted by molar-refractivity contribution is 0.119. The molecule has 1 fully saturated rings. The van der Waals surface area contributed by atoms with Gasteiger partial charge in [0.1, 0.15) is 0 Å². The van der Waals surface area contributed by atoms with Crippen LogP contribution in [0.2, 0.25) is 0 Å². The largest absolute Gasteiger partial charge is 0.397 e. The first-order chi connectivity index (χ1) is 9.15. The van der Waals surface area contributed by atoms with Crippen molar-refractivity contribution in [1.82, 2.24) is 5.32 Å². The summed E-state index contributed by atoms with van der Waals surface area (Å²) in [4.78, 5) is 11.8. The molecule has 0 unspecified atom stereocenters. The highest BCUT2D eigenvalue weighted by Crippen LogP contribution is 2.19. The highest BCUT2D eigenvalue weighted by molar-refractivity contribution is 5.93. The van der Waals surface area contributed by atoms with Gasteiger partial charge in [-0.05, 0) is 43.0 Å². The number of hydrogen-bond donors (Lipinski definition) is 3. The summed E-state index contributed by atoms with van der Waals surface area (Å²) in [7, 11) is 0. The van der Waals surface area contributed by atoms with Gasteiger partial charge in [-0.15, -0.1) is 0 Å². The minimum absolute atomic E-state index is 0.281. The van der Waals surface area contributed by atoms with Crippen LogP contribution < -0.4 is 16.4 Å². The molecule has 5 nitrogen and oxygen atoms in total. The number of nitrogens with one attached hydrogen (secondary N) is 2. The van der Waals surface area contributed by atoms with E-state index >= 15 is 0 Å². The molecule has 2 amide bonds. The molecule has 19 heavy (non-hydrogen) atoms. The topological polar surface area (TPSA) is 76.4 Å². The first kappa shape index (κ1) is 13.4. The van der Waals surface area contributed by atoms with E-state index in [2.05, 4.69) is 10.6 Å². The lowest BCUT2D eigenvalue weighted by Crippen LogP contribution is -2.25. The number of nitrogen functional groups attached to an aromatic ring is 1. The predicted molar refractivity (Wildman–Crippen MR) is 75.9 cm³/mol. The fraction of sp³-hybridized carbons (Fsp3) is 0.357. The van der Waals surface area contributed by atoms with Gasteiger partial charge < -0.3 is 21.1 Å². The van der Waals surface area contributed by atoms with Crippen molar-refractivity contribution in [1.29, 1.82) is 0 Å². The number of amides is 2. The minimum Gasteiger partial charge on any atom is -0.397 e. The third-order valence-corrected chi connectivity index (χ3v) is 3.00. The predicted octanol–water partition coefficient (Wildman–Crippen LogP) is 2.39. The van der Waals surface area contributed by atoms with Crippen molar-refractivity contribution in [2.45, 2.75) is 19.8 Å². The van der Waals surface area contributed by atoms with E-state index in [1.54, 1.807) is 12.3 Å². The van der Waals surface area contributed by atoms with Gasteiger partial charge in [-0.2, -0.15) is 0 Å². The number of aryl methyl sites for hydroxylation is 1. The summed E-state index contributed by atoms with van der Waals surface area (Å²) < 4.78 is 5.25. The molecule has 0 bridgehead atoms. The van der Waals surface area contributed by atoms with Gasteiger partial charge in [0.25, 0.3) is 0 Å². The van der Waals surface area contributed by atoms with Crippen molar-refractivity contribution in [3.8, 4) is 0 Å². The lowest BCUT2D eigenvalue weighted by atomic mass is 10.1. The molecule has 0 spiro atoms. The van der Waals surface area contributed by atoms with E-state index < -0.39 is 0 Å². The van der Waals surface area contributed by atoms with Gasteiger partial charge in [0.2, 0.25) is 0 Å². The van der Waals surface area contributed by atoms with Crippen LogP contribution in [0.5, 0.6) is 0 Å². The molecule has 0 saturated carbocycles. The van der Waals surface area contributed by atoms with E-state index in [0.29, 0.717) is 11.4 Å². The number of nitrogens with two attached hydrogens (primary N) is 1. The van der Waals surface area contributed by atoms with Crippen molar-refractivity contribution in [2.24, 2.45) is 0 Å². The Labute approximate surface area is 112 Å². The van der Waals surface area contributed by atoms with E-state index in [4.69, 9.17) is 10.5 Å². The van der Waals surface area contributed by atoms with Crippen molar-refractivity contribution in [3.05, 3.63) is 35.5 Å². The Morgan fingerprint density at radius 1 is 1.37 bits per heavy atom. The summed E-state index contributed by atoms with van der Waals surface area (Å²) in [6, 6.07) is 5.25. The molecular weight excluding hydrogens is 242 g/mol. The first-order valence-corrected chi connectivity index (χ1v) is 6.34. The maximum absolute atomic E-state index is 11.8. The van der Waals surface area contributed by atoms with Crippen LogP contribution in [0.3, 0.4) is 0 Å². The second-order valence-electron chi connectivity index (χ2n) is 4.60. The zero-order chi connectivity index (χ0) is 13.7. The number of anilines is 2. The molecule has 1 aliphatic rings. The SMILES string of the molecule is Cc1ccc(N)c(NC(=O)NC=C2CCOCC2)c1. The number of rotatable bonds is 2. The monoisotopic (exact) mass is 261 g/mol. The van der Waals surface area contributed by atoms with Crippen molar-refractivity contribution < 1.29 is 9.53 Å². The second-order valence-corrected chi connectivity index (χ2v) is 4.60. The van der Waals surface area contributed by atoms with Gasteiger partial charge >= 0.3 is 6.03 Å². The first-order valence-electron chi connectivity index (χ1n) is 6.34. The third-order valence-electron chi connectivity index (χ3n) is 3.00. The van der Waals surface area contributed by atoms with Gasteiger partial charge in [-0.1, -0.05) is 6.07 Å². The highest BCUT2D eigenvalue weighted by Gasteiger charge is 2.07. The van der Waals surface area contributed by atoms with Crippen molar-refractivity contribution in [3.63, 3.8) is 0 Å². The van der Waals surface area contributed by atoms with Crippen LogP contribution in [0.4, 0.5) is 16.2 Å². The Morgan fingerprint density at radius 3 is 2.84 bits per heavy atom. The molecule has 5 heteroatoms. The van der Waals surface area contributed by atoms with E-state index in [0.717, 1.165) is 31.6 Å². The Morgan fingerprint density at radius 2 is 2.11 bits per heavy atom. The fourth-order valence-electron chi connectivity index (χ4n) is 1.88. The van der Waals surface area contributed by atoms with Crippen molar-refractivity contribution >= 4 is 17.4 Å². The molecule has 1 saturated heterocycles.